The molecule has 7 nitrogen and oxygen atoms in total. The van der Waals surface area contributed by atoms with Gasteiger partial charge in [-0.3, -0.25) is 14.6 Å². The largest absolute Gasteiger partial charge is 0.355 e. The third-order valence-electron chi connectivity index (χ3n) is 6.54. The molecule has 2 amide bonds. The number of carbonyl (C=O) groups is 2. The summed E-state index contributed by atoms with van der Waals surface area (Å²) in [6.07, 6.45) is 7.43. The van der Waals surface area contributed by atoms with Gasteiger partial charge in [0.25, 0.3) is 5.91 Å². The van der Waals surface area contributed by atoms with Crippen LogP contribution >= 0.6 is 0 Å². The van der Waals surface area contributed by atoms with Gasteiger partial charge in [0.1, 0.15) is 0 Å². The second-order valence-corrected chi connectivity index (χ2v) is 9.02. The molecule has 1 aromatic carbocycles. The van der Waals surface area contributed by atoms with Crippen LogP contribution in [-0.4, -0.2) is 68.4 Å². The van der Waals surface area contributed by atoms with E-state index < -0.39 is 0 Å². The van der Waals surface area contributed by atoms with Crippen LogP contribution in [0, 0.1) is 5.41 Å². The molecule has 0 bridgehead atoms. The highest BCUT2D eigenvalue weighted by Crippen LogP contribution is 2.38. The first-order chi connectivity index (χ1) is 14.9. The zero-order valence-electron chi connectivity index (χ0n) is 19.2. The molecule has 1 saturated carbocycles. The van der Waals surface area contributed by atoms with E-state index >= 15 is 0 Å². The summed E-state index contributed by atoms with van der Waals surface area (Å²) in [5.74, 6) is 1.01. The smallest absolute Gasteiger partial charge is 0.253 e. The third kappa shape index (κ3) is 5.77. The van der Waals surface area contributed by atoms with E-state index in [1.54, 1.807) is 11.9 Å². The highest BCUT2D eigenvalue weighted by molar-refractivity contribution is 5.94. The first-order valence-electron chi connectivity index (χ1n) is 11.5. The Morgan fingerprint density at radius 1 is 1.00 bits per heavy atom. The zero-order valence-corrected chi connectivity index (χ0v) is 19.2. The van der Waals surface area contributed by atoms with Gasteiger partial charge < -0.3 is 20.4 Å². The minimum atomic E-state index is -0.336. The number of rotatable bonds is 6. The number of hydrogen-bond donors (Lipinski definition) is 2. The first-order valence-corrected chi connectivity index (χ1v) is 11.5. The number of carbonyl (C=O) groups excluding carboxylic acids is 2. The maximum absolute atomic E-state index is 12.7. The fourth-order valence-corrected chi connectivity index (χ4v) is 4.70. The van der Waals surface area contributed by atoms with Crippen molar-refractivity contribution in [1.29, 1.82) is 0 Å². The Morgan fingerprint density at radius 3 is 2.23 bits per heavy atom. The summed E-state index contributed by atoms with van der Waals surface area (Å²) in [6.45, 7) is 2.92. The van der Waals surface area contributed by atoms with Crippen LogP contribution in [0.5, 0.6) is 0 Å². The number of aliphatic imine (C=N–C) groups is 1. The second-order valence-electron chi connectivity index (χ2n) is 9.02. The quantitative estimate of drug-likeness (QED) is 0.541. The van der Waals surface area contributed by atoms with Crippen molar-refractivity contribution in [3.8, 4) is 0 Å². The monoisotopic (exact) mass is 427 g/mol. The van der Waals surface area contributed by atoms with Crippen LogP contribution in [0.3, 0.4) is 0 Å². The molecule has 2 fully saturated rings. The van der Waals surface area contributed by atoms with Gasteiger partial charge in [-0.1, -0.05) is 25.0 Å². The molecule has 0 unspecified atom stereocenters. The molecule has 0 aromatic heterocycles. The molecule has 31 heavy (non-hydrogen) atoms. The molecule has 0 radical (unpaired) electrons. The lowest BCUT2D eigenvalue weighted by Crippen LogP contribution is -2.49. The van der Waals surface area contributed by atoms with Gasteiger partial charge in [0.05, 0.1) is 5.41 Å². The number of piperidine rings is 1. The van der Waals surface area contributed by atoms with Gasteiger partial charge in [-0.05, 0) is 49.8 Å². The fourth-order valence-electron chi connectivity index (χ4n) is 4.70. The van der Waals surface area contributed by atoms with Gasteiger partial charge in [0.2, 0.25) is 5.91 Å². The van der Waals surface area contributed by atoms with Crippen molar-refractivity contribution in [2.24, 2.45) is 10.4 Å². The van der Waals surface area contributed by atoms with E-state index in [2.05, 4.69) is 15.6 Å². The molecule has 1 aliphatic carbocycles. The van der Waals surface area contributed by atoms with Gasteiger partial charge in [0.15, 0.2) is 5.96 Å². The van der Waals surface area contributed by atoms with Gasteiger partial charge in [-0.15, -0.1) is 0 Å². The summed E-state index contributed by atoms with van der Waals surface area (Å²) in [6, 6.07) is 7.80. The molecule has 0 atom stereocenters. The van der Waals surface area contributed by atoms with E-state index in [1.807, 2.05) is 43.3 Å². The topological polar surface area (TPSA) is 77.0 Å². The average Bonchev–Trinajstić information content (AvgIpc) is 3.29. The average molecular weight is 428 g/mol. The van der Waals surface area contributed by atoms with Crippen molar-refractivity contribution >= 4 is 17.8 Å². The maximum atomic E-state index is 12.7. The van der Waals surface area contributed by atoms with E-state index in [9.17, 15) is 9.59 Å². The minimum Gasteiger partial charge on any atom is -0.355 e. The molecule has 0 spiro atoms. The molecule has 2 N–H and O–H groups in total. The van der Waals surface area contributed by atoms with Crippen LogP contribution in [0.4, 0.5) is 0 Å². The Bertz CT molecular complexity index is 776. The van der Waals surface area contributed by atoms with Gasteiger partial charge in [-0.25, -0.2) is 0 Å². The first kappa shape index (κ1) is 23.1. The lowest BCUT2D eigenvalue weighted by molar-refractivity contribution is -0.138. The zero-order chi connectivity index (χ0) is 22.3. The number of likely N-dealkylation sites (tertiary alicyclic amines) is 1. The molecule has 3 rings (SSSR count). The molecule has 1 saturated heterocycles. The Balaban J connectivity index is 1.52. The van der Waals surface area contributed by atoms with E-state index in [0.717, 1.165) is 62.7 Å². The lowest BCUT2D eigenvalue weighted by atomic mass is 9.84. The summed E-state index contributed by atoms with van der Waals surface area (Å²) >= 11 is 0. The Hall–Kier alpha value is -2.57. The van der Waals surface area contributed by atoms with Crippen molar-refractivity contribution < 1.29 is 9.59 Å². The summed E-state index contributed by atoms with van der Waals surface area (Å²) in [5, 5.41) is 6.69. The number of guanidine groups is 1. The third-order valence-corrected chi connectivity index (χ3v) is 6.54. The van der Waals surface area contributed by atoms with E-state index in [-0.39, 0.29) is 17.2 Å². The molecule has 170 valence electrons. The molecular formula is C24H37N5O2. The van der Waals surface area contributed by atoms with Crippen LogP contribution in [0.1, 0.15) is 60.9 Å². The highest BCUT2D eigenvalue weighted by atomic mass is 16.2. The van der Waals surface area contributed by atoms with Gasteiger partial charge >= 0.3 is 0 Å². The van der Waals surface area contributed by atoms with Gasteiger partial charge in [0, 0.05) is 52.9 Å². The molecular weight excluding hydrogens is 390 g/mol. The van der Waals surface area contributed by atoms with Gasteiger partial charge in [-0.2, -0.15) is 0 Å². The van der Waals surface area contributed by atoms with Crippen molar-refractivity contribution in [1.82, 2.24) is 20.4 Å². The summed E-state index contributed by atoms with van der Waals surface area (Å²) < 4.78 is 0. The van der Waals surface area contributed by atoms with Crippen LogP contribution in [-0.2, 0) is 11.3 Å². The molecule has 1 heterocycles. The molecule has 1 aliphatic heterocycles. The van der Waals surface area contributed by atoms with Crippen LogP contribution in [0.25, 0.3) is 0 Å². The lowest BCUT2D eigenvalue weighted by Gasteiger charge is -2.31. The Kier molecular flexibility index (Phi) is 7.93. The van der Waals surface area contributed by atoms with Crippen molar-refractivity contribution in [2.45, 2.75) is 51.5 Å². The number of amides is 2. The molecule has 7 heteroatoms. The van der Waals surface area contributed by atoms with Crippen LogP contribution in [0.15, 0.2) is 29.3 Å². The number of benzene rings is 1. The Morgan fingerprint density at radius 2 is 1.65 bits per heavy atom. The SMILES string of the molecule is CN=C(NCc1ccc(C(=O)N2CCCCC2)cc1)NCC1(C(=O)N(C)C)CCCC1. The number of nitrogens with zero attached hydrogens (tertiary/aromatic N) is 3. The normalized spacial score (nSPS) is 18.5. The van der Waals surface area contributed by atoms with Crippen molar-refractivity contribution in [2.75, 3.05) is 40.8 Å². The fraction of sp³-hybridized carbons (Fsp3) is 0.625. The summed E-state index contributed by atoms with van der Waals surface area (Å²) in [4.78, 5) is 33.3. The van der Waals surface area contributed by atoms with Crippen molar-refractivity contribution in [3.63, 3.8) is 0 Å². The highest BCUT2D eigenvalue weighted by Gasteiger charge is 2.42. The number of nitrogens with one attached hydrogen (secondary N) is 2. The van der Waals surface area contributed by atoms with E-state index in [4.69, 9.17) is 0 Å². The summed E-state index contributed by atoms with van der Waals surface area (Å²) in [5.41, 5.74) is 1.49. The molecule has 1 aromatic rings. The van der Waals surface area contributed by atoms with Crippen molar-refractivity contribution in [3.05, 3.63) is 35.4 Å². The van der Waals surface area contributed by atoms with Crippen LogP contribution < -0.4 is 10.6 Å². The standard InChI is InChI=1S/C24H37N5O2/c1-25-23(27-18-24(13-5-6-14-24)22(31)28(2)3)26-17-19-9-11-20(12-10-19)21(30)29-15-7-4-8-16-29/h9-12H,4-8,13-18H2,1-3H3,(H2,25,26,27). The van der Waals surface area contributed by atoms with E-state index in [1.165, 1.54) is 6.42 Å². The number of hydrogen-bond acceptors (Lipinski definition) is 3. The maximum Gasteiger partial charge on any atom is 0.253 e. The predicted octanol–water partition coefficient (Wildman–Crippen LogP) is 2.63. The molecule has 2 aliphatic rings. The minimum absolute atomic E-state index is 0.129. The Labute approximate surface area is 186 Å². The van der Waals surface area contributed by atoms with E-state index in [0.29, 0.717) is 19.0 Å². The predicted molar refractivity (Wildman–Crippen MR) is 124 cm³/mol. The van der Waals surface area contributed by atoms with Crippen LogP contribution in [0.2, 0.25) is 0 Å². The second kappa shape index (κ2) is 10.6. The summed E-state index contributed by atoms with van der Waals surface area (Å²) in [7, 11) is 5.40.